The van der Waals surface area contributed by atoms with Gasteiger partial charge in [0.05, 0.1) is 18.5 Å². The summed E-state index contributed by atoms with van der Waals surface area (Å²) in [5, 5.41) is 8.63. The van der Waals surface area contributed by atoms with Crippen molar-refractivity contribution in [1.82, 2.24) is 4.42 Å². The summed E-state index contributed by atoms with van der Waals surface area (Å²) >= 11 is 11.9. The van der Waals surface area contributed by atoms with Crippen molar-refractivity contribution < 1.29 is 0 Å². The summed E-state index contributed by atoms with van der Waals surface area (Å²) in [6, 6.07) is 10.1. The van der Waals surface area contributed by atoms with Crippen molar-refractivity contribution in [2.75, 3.05) is 5.88 Å². The molecule has 16 heavy (non-hydrogen) atoms. The zero-order chi connectivity index (χ0) is 12.0. The quantitative estimate of drug-likeness (QED) is 0.596. The van der Waals surface area contributed by atoms with Crippen LogP contribution >= 0.6 is 23.4 Å². The molecular formula is C12H14Cl2N2. The molecule has 1 aromatic rings. The molecule has 0 spiro atoms. The molecule has 0 N–H and O–H groups in total. The lowest BCUT2D eigenvalue weighted by molar-refractivity contribution is 0.360. The van der Waals surface area contributed by atoms with Crippen LogP contribution in [-0.2, 0) is 6.54 Å². The minimum absolute atomic E-state index is 0.102. The molecule has 0 saturated carbocycles. The van der Waals surface area contributed by atoms with Crippen LogP contribution in [0.25, 0.3) is 0 Å². The number of nitriles is 1. The third-order valence-electron chi connectivity index (χ3n) is 2.36. The summed E-state index contributed by atoms with van der Waals surface area (Å²) in [5.74, 6) is 0.364. The first-order valence-corrected chi connectivity index (χ1v) is 5.95. The van der Waals surface area contributed by atoms with Gasteiger partial charge in [-0.2, -0.15) is 5.26 Å². The first kappa shape index (κ1) is 13.3. The normalized spacial score (nSPS) is 12.4. The minimum atomic E-state index is -0.102. The Morgan fingerprint density at radius 1 is 1.38 bits per heavy atom. The van der Waals surface area contributed by atoms with E-state index < -0.39 is 0 Å². The van der Waals surface area contributed by atoms with E-state index in [1.165, 1.54) is 5.56 Å². The Kier molecular flexibility index (Phi) is 5.62. The monoisotopic (exact) mass is 256 g/mol. The average molecular weight is 257 g/mol. The number of hydrogen-bond donors (Lipinski definition) is 0. The lowest BCUT2D eigenvalue weighted by Gasteiger charge is -2.21. The van der Waals surface area contributed by atoms with Crippen LogP contribution in [0.2, 0.25) is 0 Å². The smallest absolute Gasteiger partial charge is 0.0639 e. The van der Waals surface area contributed by atoms with Gasteiger partial charge in [0.1, 0.15) is 0 Å². The fourth-order valence-corrected chi connectivity index (χ4v) is 1.95. The molecule has 0 aliphatic carbocycles. The Labute approximate surface area is 106 Å². The van der Waals surface area contributed by atoms with Crippen LogP contribution in [0.5, 0.6) is 0 Å². The van der Waals surface area contributed by atoms with Crippen molar-refractivity contribution in [2.24, 2.45) is 0 Å². The first-order valence-electron chi connectivity index (χ1n) is 5.08. The molecule has 0 aromatic heterocycles. The zero-order valence-electron chi connectivity index (χ0n) is 9.16. The third kappa shape index (κ3) is 4.02. The van der Waals surface area contributed by atoms with E-state index in [9.17, 15) is 0 Å². The van der Waals surface area contributed by atoms with Gasteiger partial charge in [0, 0.05) is 12.4 Å². The molecule has 1 unspecified atom stereocenters. The maximum atomic E-state index is 8.63. The summed E-state index contributed by atoms with van der Waals surface area (Å²) in [6.45, 7) is 2.64. The summed E-state index contributed by atoms with van der Waals surface area (Å²) < 4.78 is 1.60. The average Bonchev–Trinajstić information content (AvgIpc) is 2.29. The maximum Gasteiger partial charge on any atom is 0.0639 e. The van der Waals surface area contributed by atoms with E-state index in [2.05, 4.69) is 6.07 Å². The predicted molar refractivity (Wildman–Crippen MR) is 67.3 cm³/mol. The van der Waals surface area contributed by atoms with Gasteiger partial charge in [0.15, 0.2) is 0 Å². The highest BCUT2D eigenvalue weighted by atomic mass is 35.5. The molecule has 0 aliphatic rings. The number of nitrogens with zero attached hydrogens (tertiary/aromatic N) is 2. The topological polar surface area (TPSA) is 27.0 Å². The molecule has 0 fully saturated rings. The van der Waals surface area contributed by atoms with E-state index in [0.717, 1.165) is 5.56 Å². The molecule has 1 atom stereocenters. The van der Waals surface area contributed by atoms with E-state index >= 15 is 0 Å². The lowest BCUT2D eigenvalue weighted by Crippen LogP contribution is -2.28. The summed E-state index contributed by atoms with van der Waals surface area (Å²) in [4.78, 5) is 0. The van der Waals surface area contributed by atoms with Gasteiger partial charge in [-0.3, -0.25) is 0 Å². The highest BCUT2D eigenvalue weighted by molar-refractivity contribution is 6.19. The Hall–Kier alpha value is -0.750. The molecule has 0 heterocycles. The van der Waals surface area contributed by atoms with Gasteiger partial charge < -0.3 is 0 Å². The van der Waals surface area contributed by atoms with Crippen LogP contribution < -0.4 is 0 Å². The second kappa shape index (κ2) is 6.75. The van der Waals surface area contributed by atoms with Crippen LogP contribution in [0.4, 0.5) is 0 Å². The summed E-state index contributed by atoms with van der Waals surface area (Å²) in [7, 11) is 0. The van der Waals surface area contributed by atoms with E-state index in [0.29, 0.717) is 18.8 Å². The number of rotatable bonds is 5. The van der Waals surface area contributed by atoms with Crippen molar-refractivity contribution in [2.45, 2.75) is 25.9 Å². The predicted octanol–water partition coefficient (Wildman–Crippen LogP) is 3.47. The number of benzene rings is 1. The second-order valence-electron chi connectivity index (χ2n) is 3.71. The molecule has 0 aliphatic heterocycles. The molecule has 0 radical (unpaired) electrons. The van der Waals surface area contributed by atoms with Crippen LogP contribution in [-0.4, -0.2) is 16.3 Å². The van der Waals surface area contributed by atoms with E-state index in [1.807, 2.05) is 31.2 Å². The van der Waals surface area contributed by atoms with Crippen molar-refractivity contribution in [3.05, 3.63) is 35.4 Å². The van der Waals surface area contributed by atoms with Crippen LogP contribution in [0.3, 0.4) is 0 Å². The molecular weight excluding hydrogens is 243 g/mol. The SMILES string of the molecule is Cc1ccc(CN(Cl)C(CCl)CC#N)cc1. The van der Waals surface area contributed by atoms with Gasteiger partial charge in [-0.05, 0) is 24.3 Å². The molecule has 0 saturated heterocycles. The van der Waals surface area contributed by atoms with Gasteiger partial charge in [0.2, 0.25) is 0 Å². The van der Waals surface area contributed by atoms with E-state index in [1.54, 1.807) is 4.42 Å². The number of halogens is 2. The summed E-state index contributed by atoms with van der Waals surface area (Å²) in [6.07, 6.45) is 0.346. The molecule has 0 bridgehead atoms. The fourth-order valence-electron chi connectivity index (χ4n) is 1.33. The third-order valence-corrected chi connectivity index (χ3v) is 3.11. The largest absolute Gasteiger partial charge is 0.210 e. The number of hydrogen-bond acceptors (Lipinski definition) is 2. The minimum Gasteiger partial charge on any atom is -0.210 e. The zero-order valence-corrected chi connectivity index (χ0v) is 10.7. The molecule has 1 aromatic carbocycles. The molecule has 0 amide bonds. The fraction of sp³-hybridized carbons (Fsp3) is 0.417. The van der Waals surface area contributed by atoms with Crippen molar-refractivity contribution in [3.8, 4) is 6.07 Å². The van der Waals surface area contributed by atoms with E-state index in [4.69, 9.17) is 28.6 Å². The number of alkyl halides is 1. The van der Waals surface area contributed by atoms with Crippen molar-refractivity contribution in [3.63, 3.8) is 0 Å². The van der Waals surface area contributed by atoms with Crippen LogP contribution in [0, 0.1) is 18.3 Å². The summed E-state index contributed by atoms with van der Waals surface area (Å²) in [5.41, 5.74) is 2.34. The Bertz CT molecular complexity index is 356. The van der Waals surface area contributed by atoms with Crippen molar-refractivity contribution >= 4 is 23.4 Å². The molecule has 1 rings (SSSR count). The Morgan fingerprint density at radius 3 is 2.50 bits per heavy atom. The van der Waals surface area contributed by atoms with E-state index in [-0.39, 0.29) is 6.04 Å². The molecule has 2 nitrogen and oxygen atoms in total. The molecule has 86 valence electrons. The highest BCUT2D eigenvalue weighted by Gasteiger charge is 2.15. The highest BCUT2D eigenvalue weighted by Crippen LogP contribution is 2.15. The first-order chi connectivity index (χ1) is 7.67. The Morgan fingerprint density at radius 2 is 2.00 bits per heavy atom. The van der Waals surface area contributed by atoms with Crippen LogP contribution in [0.15, 0.2) is 24.3 Å². The second-order valence-corrected chi connectivity index (χ2v) is 4.46. The number of aryl methyl sites for hydroxylation is 1. The van der Waals surface area contributed by atoms with Gasteiger partial charge in [-0.15, -0.1) is 11.6 Å². The van der Waals surface area contributed by atoms with Crippen molar-refractivity contribution in [1.29, 1.82) is 5.26 Å². The van der Waals surface area contributed by atoms with Gasteiger partial charge in [0.25, 0.3) is 0 Å². The molecule has 4 heteroatoms. The maximum absolute atomic E-state index is 8.63. The standard InChI is InChI=1S/C12H14Cl2N2/c1-10-2-4-11(5-3-10)9-16(14)12(8-13)6-7-15/h2-5,12H,6,8-9H2,1H3. The Balaban J connectivity index is 2.59. The van der Waals surface area contributed by atoms with Gasteiger partial charge in [-0.25, -0.2) is 4.42 Å². The van der Waals surface area contributed by atoms with Gasteiger partial charge in [-0.1, -0.05) is 29.8 Å². The lowest BCUT2D eigenvalue weighted by atomic mass is 10.1. The van der Waals surface area contributed by atoms with Gasteiger partial charge >= 0.3 is 0 Å². The van der Waals surface area contributed by atoms with Crippen LogP contribution in [0.1, 0.15) is 17.5 Å².